The van der Waals surface area contributed by atoms with Gasteiger partial charge >= 0.3 is 6.03 Å². The number of carbonyl (C=O) groups excluding carboxylic acids is 3. The number of rotatable bonds is 6. The molecule has 0 saturated carbocycles. The second kappa shape index (κ2) is 8.99. The van der Waals surface area contributed by atoms with Gasteiger partial charge in [-0.1, -0.05) is 60.7 Å². The molecule has 3 aromatic rings. The molecule has 1 aliphatic rings. The van der Waals surface area contributed by atoms with Crippen LogP contribution >= 0.6 is 0 Å². The van der Waals surface area contributed by atoms with Crippen LogP contribution in [0, 0.1) is 5.92 Å². The van der Waals surface area contributed by atoms with Gasteiger partial charge in [-0.05, 0) is 41.8 Å². The van der Waals surface area contributed by atoms with Gasteiger partial charge in [-0.25, -0.2) is 18.1 Å². The molecule has 1 saturated heterocycles. The summed E-state index contributed by atoms with van der Waals surface area (Å²) in [5.74, 6) is -2.27. The predicted octanol–water partition coefficient (Wildman–Crippen LogP) is 3.44. The fourth-order valence-corrected chi connectivity index (χ4v) is 4.41. The van der Waals surface area contributed by atoms with Crippen molar-refractivity contribution in [3.63, 3.8) is 0 Å². The Hall–Kier alpha value is -3.78. The van der Waals surface area contributed by atoms with Crippen LogP contribution in [0.1, 0.15) is 11.1 Å². The largest absolute Gasteiger partial charge is 0.338 e. The SMILES string of the molecule is CS(=O)(=O)c1ccc(N2C(=O)C(Cc3ccccc3)C(=O)N(Cc3ccccc3)C2=O)cc1. The number of barbiturate groups is 1. The number of hydrogen-bond acceptors (Lipinski definition) is 5. The van der Waals surface area contributed by atoms with Crippen molar-refractivity contribution in [3.8, 4) is 0 Å². The molecule has 0 bridgehead atoms. The number of anilines is 1. The first-order valence-electron chi connectivity index (χ1n) is 10.3. The summed E-state index contributed by atoms with van der Waals surface area (Å²) in [7, 11) is -3.44. The summed E-state index contributed by atoms with van der Waals surface area (Å²) in [5.41, 5.74) is 1.76. The van der Waals surface area contributed by atoms with Crippen LogP contribution < -0.4 is 4.90 Å². The van der Waals surface area contributed by atoms with Crippen molar-refractivity contribution in [1.29, 1.82) is 0 Å². The normalized spacial score (nSPS) is 16.9. The average molecular weight is 463 g/mol. The predicted molar refractivity (Wildman–Crippen MR) is 123 cm³/mol. The van der Waals surface area contributed by atoms with Crippen LogP contribution in [0.2, 0.25) is 0 Å². The molecule has 3 aromatic carbocycles. The lowest BCUT2D eigenvalue weighted by molar-refractivity contribution is -0.141. The quantitative estimate of drug-likeness (QED) is 0.524. The Morgan fingerprint density at radius 3 is 1.82 bits per heavy atom. The first kappa shape index (κ1) is 22.4. The van der Waals surface area contributed by atoms with Crippen molar-refractivity contribution in [2.24, 2.45) is 5.92 Å². The van der Waals surface area contributed by atoms with Crippen LogP contribution in [-0.2, 0) is 32.4 Å². The Balaban J connectivity index is 1.73. The summed E-state index contributed by atoms with van der Waals surface area (Å²) in [6.45, 7) is 0.0228. The first-order valence-corrected chi connectivity index (χ1v) is 12.2. The molecule has 0 aromatic heterocycles. The van der Waals surface area contributed by atoms with Gasteiger partial charge in [-0.3, -0.25) is 14.5 Å². The van der Waals surface area contributed by atoms with Gasteiger partial charge in [-0.15, -0.1) is 0 Å². The van der Waals surface area contributed by atoms with E-state index in [0.717, 1.165) is 27.2 Å². The number of carbonyl (C=O) groups is 3. The second-order valence-corrected chi connectivity index (χ2v) is 9.89. The van der Waals surface area contributed by atoms with Gasteiger partial charge in [0.2, 0.25) is 11.8 Å². The Labute approximate surface area is 192 Å². The zero-order valence-corrected chi connectivity index (χ0v) is 18.7. The number of benzene rings is 3. The number of hydrogen-bond donors (Lipinski definition) is 0. The minimum absolute atomic E-state index is 0.0228. The molecule has 4 rings (SSSR count). The molecule has 0 spiro atoms. The van der Waals surface area contributed by atoms with E-state index in [4.69, 9.17) is 0 Å². The van der Waals surface area contributed by atoms with Crippen LogP contribution in [0.4, 0.5) is 10.5 Å². The van der Waals surface area contributed by atoms with Crippen LogP contribution in [0.15, 0.2) is 89.8 Å². The number of nitrogens with zero attached hydrogens (tertiary/aromatic N) is 2. The molecule has 0 radical (unpaired) electrons. The van der Waals surface area contributed by atoms with Crippen molar-refractivity contribution < 1.29 is 22.8 Å². The first-order chi connectivity index (χ1) is 15.8. The number of imide groups is 2. The van der Waals surface area contributed by atoms with E-state index in [0.29, 0.717) is 0 Å². The highest BCUT2D eigenvalue weighted by Gasteiger charge is 2.46. The molecule has 0 aliphatic carbocycles. The van der Waals surface area contributed by atoms with Gasteiger partial charge in [0, 0.05) is 6.26 Å². The zero-order chi connectivity index (χ0) is 23.6. The summed E-state index contributed by atoms with van der Waals surface area (Å²) in [6.07, 6.45) is 1.23. The molecule has 7 nitrogen and oxygen atoms in total. The van der Waals surface area contributed by atoms with Crippen molar-refractivity contribution in [2.45, 2.75) is 17.9 Å². The lowest BCUT2D eigenvalue weighted by atomic mass is 9.94. The van der Waals surface area contributed by atoms with E-state index in [1.165, 1.54) is 24.3 Å². The van der Waals surface area contributed by atoms with E-state index < -0.39 is 33.6 Å². The zero-order valence-electron chi connectivity index (χ0n) is 17.9. The molecule has 1 unspecified atom stereocenters. The maximum absolute atomic E-state index is 13.4. The fourth-order valence-electron chi connectivity index (χ4n) is 3.77. The molecule has 1 aliphatic heterocycles. The Morgan fingerprint density at radius 1 is 0.727 bits per heavy atom. The van der Waals surface area contributed by atoms with Crippen molar-refractivity contribution in [2.75, 3.05) is 11.2 Å². The van der Waals surface area contributed by atoms with Gasteiger partial charge in [0.1, 0.15) is 5.92 Å². The van der Waals surface area contributed by atoms with Crippen LogP contribution in [0.5, 0.6) is 0 Å². The Kier molecular flexibility index (Phi) is 6.11. The van der Waals surface area contributed by atoms with Crippen LogP contribution in [0.3, 0.4) is 0 Å². The monoisotopic (exact) mass is 462 g/mol. The highest BCUT2D eigenvalue weighted by atomic mass is 32.2. The van der Waals surface area contributed by atoms with Gasteiger partial charge in [0.25, 0.3) is 0 Å². The lowest BCUT2D eigenvalue weighted by Gasteiger charge is -2.37. The molecular weight excluding hydrogens is 440 g/mol. The molecule has 1 heterocycles. The van der Waals surface area contributed by atoms with E-state index in [-0.39, 0.29) is 23.5 Å². The molecule has 8 heteroatoms. The third-order valence-electron chi connectivity index (χ3n) is 5.49. The van der Waals surface area contributed by atoms with Crippen molar-refractivity contribution in [1.82, 2.24) is 4.90 Å². The molecular formula is C25H22N2O5S. The summed E-state index contributed by atoms with van der Waals surface area (Å²) >= 11 is 0. The lowest BCUT2D eigenvalue weighted by Crippen LogP contribution is -2.60. The van der Waals surface area contributed by atoms with Gasteiger partial charge < -0.3 is 0 Å². The molecule has 1 atom stereocenters. The van der Waals surface area contributed by atoms with Gasteiger partial charge in [-0.2, -0.15) is 0 Å². The molecule has 33 heavy (non-hydrogen) atoms. The van der Waals surface area contributed by atoms with Crippen LogP contribution in [-0.4, -0.2) is 37.4 Å². The molecule has 0 N–H and O–H groups in total. The Bertz CT molecular complexity index is 1230. The van der Waals surface area contributed by atoms with E-state index in [1.54, 1.807) is 12.1 Å². The van der Waals surface area contributed by atoms with Crippen molar-refractivity contribution in [3.05, 3.63) is 96.1 Å². The maximum atomic E-state index is 13.4. The highest BCUT2D eigenvalue weighted by Crippen LogP contribution is 2.29. The Morgan fingerprint density at radius 2 is 1.27 bits per heavy atom. The average Bonchev–Trinajstić information content (AvgIpc) is 2.81. The van der Waals surface area contributed by atoms with Crippen LogP contribution in [0.25, 0.3) is 0 Å². The maximum Gasteiger partial charge on any atom is 0.338 e. The highest BCUT2D eigenvalue weighted by molar-refractivity contribution is 7.90. The van der Waals surface area contributed by atoms with Gasteiger partial charge in [0.05, 0.1) is 17.1 Å². The summed E-state index contributed by atoms with van der Waals surface area (Å²) in [4.78, 5) is 42.1. The molecule has 168 valence electrons. The number of urea groups is 1. The summed E-state index contributed by atoms with van der Waals surface area (Å²) in [6, 6.07) is 22.9. The summed E-state index contributed by atoms with van der Waals surface area (Å²) < 4.78 is 23.6. The van der Waals surface area contributed by atoms with Crippen molar-refractivity contribution >= 4 is 33.4 Å². The number of sulfone groups is 1. The minimum atomic E-state index is -3.44. The third-order valence-corrected chi connectivity index (χ3v) is 6.62. The van der Waals surface area contributed by atoms with Gasteiger partial charge in [0.15, 0.2) is 9.84 Å². The minimum Gasteiger partial charge on any atom is -0.273 e. The topological polar surface area (TPSA) is 91.8 Å². The molecule has 1 fully saturated rings. The van der Waals surface area contributed by atoms with E-state index in [2.05, 4.69) is 0 Å². The standard InChI is InChI=1S/C25H22N2O5S/c1-33(31,32)21-14-12-20(13-15-21)27-24(29)22(16-18-8-4-2-5-9-18)23(28)26(25(27)30)17-19-10-6-3-7-11-19/h2-15,22H,16-17H2,1H3. The number of amides is 4. The third kappa shape index (κ3) is 4.70. The fraction of sp³-hybridized carbons (Fsp3) is 0.160. The molecule has 4 amide bonds. The second-order valence-electron chi connectivity index (χ2n) is 7.87. The van der Waals surface area contributed by atoms with E-state index in [1.807, 2.05) is 48.5 Å². The summed E-state index contributed by atoms with van der Waals surface area (Å²) in [5, 5.41) is 0. The van der Waals surface area contributed by atoms with E-state index >= 15 is 0 Å². The smallest absolute Gasteiger partial charge is 0.273 e. The van der Waals surface area contributed by atoms with E-state index in [9.17, 15) is 22.8 Å².